The Morgan fingerprint density at radius 2 is 1.24 bits per heavy atom. The fraction of sp³-hybridized carbons (Fsp3) is 0.946. The van der Waals surface area contributed by atoms with Crippen LogP contribution in [-0.2, 0) is 4.74 Å². The van der Waals surface area contributed by atoms with E-state index in [-0.39, 0.29) is 0 Å². The van der Waals surface area contributed by atoms with Crippen molar-refractivity contribution in [3.05, 3.63) is 12.3 Å². The van der Waals surface area contributed by atoms with Gasteiger partial charge in [-0.05, 0) is 104 Å². The molecule has 0 saturated heterocycles. The van der Waals surface area contributed by atoms with E-state index in [0.29, 0.717) is 10.8 Å². The molecule has 0 amide bonds. The molecular formula is C37H66O. The molecule has 4 rings (SSSR count). The van der Waals surface area contributed by atoms with Crippen molar-refractivity contribution in [1.82, 2.24) is 0 Å². The maximum atomic E-state index is 6.04. The summed E-state index contributed by atoms with van der Waals surface area (Å²) in [4.78, 5) is 0. The third-order valence-electron chi connectivity index (χ3n) is 12.7. The SMILES string of the molecule is CCCCCCCCCCCCCCCCOC=C[C@H]1CC[C@H]2[C@@H]3CCC4CCCC[C@]4(C)[C@H]3CC[C@]12C. The van der Waals surface area contributed by atoms with E-state index in [1.165, 1.54) is 154 Å². The summed E-state index contributed by atoms with van der Waals surface area (Å²) in [5.74, 6) is 4.81. The normalized spacial score (nSPS) is 36.7. The molecule has 0 bridgehead atoms. The summed E-state index contributed by atoms with van der Waals surface area (Å²) in [5.41, 5.74) is 1.21. The molecule has 4 aliphatic carbocycles. The lowest BCUT2D eigenvalue weighted by atomic mass is 9.45. The fourth-order valence-electron chi connectivity index (χ4n) is 10.3. The minimum absolute atomic E-state index is 0.536. The first-order valence-corrected chi connectivity index (χ1v) is 17.9. The van der Waals surface area contributed by atoms with Gasteiger partial charge in [0.25, 0.3) is 0 Å². The molecule has 4 fully saturated rings. The van der Waals surface area contributed by atoms with Gasteiger partial charge in [-0.15, -0.1) is 0 Å². The van der Waals surface area contributed by atoms with Gasteiger partial charge >= 0.3 is 0 Å². The van der Waals surface area contributed by atoms with Gasteiger partial charge in [0.05, 0.1) is 12.9 Å². The number of rotatable bonds is 17. The lowest BCUT2D eigenvalue weighted by molar-refractivity contribution is -0.107. The zero-order chi connectivity index (χ0) is 26.7. The minimum Gasteiger partial charge on any atom is -0.502 e. The van der Waals surface area contributed by atoms with Gasteiger partial charge in [0.2, 0.25) is 0 Å². The van der Waals surface area contributed by atoms with Crippen LogP contribution in [0, 0.1) is 40.4 Å². The zero-order valence-corrected chi connectivity index (χ0v) is 26.1. The molecular weight excluding hydrogens is 460 g/mol. The average molecular weight is 527 g/mol. The van der Waals surface area contributed by atoms with Gasteiger partial charge in [0.1, 0.15) is 0 Å². The van der Waals surface area contributed by atoms with Crippen LogP contribution in [0.1, 0.15) is 175 Å². The summed E-state index contributed by atoms with van der Waals surface area (Å²) in [5, 5.41) is 0. The van der Waals surface area contributed by atoms with E-state index in [1.807, 2.05) is 0 Å². The maximum Gasteiger partial charge on any atom is 0.0873 e. The van der Waals surface area contributed by atoms with Crippen molar-refractivity contribution in [2.75, 3.05) is 6.61 Å². The Balaban J connectivity index is 1.04. The fourth-order valence-corrected chi connectivity index (χ4v) is 10.3. The molecule has 0 heterocycles. The van der Waals surface area contributed by atoms with Crippen LogP contribution < -0.4 is 0 Å². The topological polar surface area (TPSA) is 9.23 Å². The lowest BCUT2D eigenvalue weighted by Crippen LogP contribution is -2.52. The monoisotopic (exact) mass is 527 g/mol. The predicted molar refractivity (Wildman–Crippen MR) is 165 cm³/mol. The Kier molecular flexibility index (Phi) is 12.5. The Labute approximate surface area is 238 Å². The Bertz CT molecular complexity index is 682. The van der Waals surface area contributed by atoms with Gasteiger partial charge in [0.15, 0.2) is 0 Å². The van der Waals surface area contributed by atoms with Gasteiger partial charge < -0.3 is 4.74 Å². The zero-order valence-electron chi connectivity index (χ0n) is 26.1. The highest BCUT2D eigenvalue weighted by atomic mass is 16.5. The number of hydrogen-bond donors (Lipinski definition) is 0. The van der Waals surface area contributed by atoms with Crippen molar-refractivity contribution in [2.24, 2.45) is 40.4 Å². The molecule has 0 aromatic carbocycles. The predicted octanol–water partition coefficient (Wildman–Crippen LogP) is 12.0. The first-order valence-electron chi connectivity index (χ1n) is 17.9. The smallest absolute Gasteiger partial charge is 0.0873 e. The van der Waals surface area contributed by atoms with Gasteiger partial charge in [-0.2, -0.15) is 0 Å². The van der Waals surface area contributed by atoms with Crippen molar-refractivity contribution >= 4 is 0 Å². The van der Waals surface area contributed by atoms with Crippen LogP contribution in [0.25, 0.3) is 0 Å². The molecule has 0 aromatic heterocycles. The molecule has 0 aromatic rings. The number of fused-ring (bicyclic) bond motifs is 5. The standard InChI is InChI=1S/C37H66O/c1-4-5-6-7-8-9-10-11-12-13-14-15-16-19-29-38-30-26-32-22-24-34-33-23-21-31-20-17-18-27-36(31,2)35(33)25-28-37(32,34)3/h26,30-35H,4-25,27-29H2,1-3H3/t31?,32-,33+,34+,35+,36+,37-/m1/s1. The van der Waals surface area contributed by atoms with Gasteiger partial charge in [-0.1, -0.05) is 117 Å². The van der Waals surface area contributed by atoms with Crippen LogP contribution in [0.15, 0.2) is 12.3 Å². The molecule has 0 aliphatic heterocycles. The van der Waals surface area contributed by atoms with E-state index in [0.717, 1.165) is 36.2 Å². The van der Waals surface area contributed by atoms with Crippen molar-refractivity contribution in [3.63, 3.8) is 0 Å². The molecule has 7 atom stereocenters. The number of hydrogen-bond acceptors (Lipinski definition) is 1. The van der Waals surface area contributed by atoms with Gasteiger partial charge in [-0.25, -0.2) is 0 Å². The van der Waals surface area contributed by atoms with E-state index >= 15 is 0 Å². The molecule has 4 aliphatic rings. The van der Waals surface area contributed by atoms with Crippen LogP contribution in [0.4, 0.5) is 0 Å². The number of ether oxygens (including phenoxy) is 1. The van der Waals surface area contributed by atoms with Crippen molar-refractivity contribution in [2.45, 2.75) is 175 Å². The maximum absolute atomic E-state index is 6.04. The molecule has 0 spiro atoms. The highest BCUT2D eigenvalue weighted by Crippen LogP contribution is 2.67. The molecule has 0 radical (unpaired) electrons. The summed E-state index contributed by atoms with van der Waals surface area (Å²) in [7, 11) is 0. The van der Waals surface area contributed by atoms with Gasteiger partial charge in [0, 0.05) is 0 Å². The van der Waals surface area contributed by atoms with Crippen molar-refractivity contribution in [1.29, 1.82) is 0 Å². The second-order valence-electron chi connectivity index (χ2n) is 14.9. The molecule has 1 nitrogen and oxygen atoms in total. The summed E-state index contributed by atoms with van der Waals surface area (Å²) < 4.78 is 6.04. The van der Waals surface area contributed by atoms with E-state index in [4.69, 9.17) is 4.74 Å². The van der Waals surface area contributed by atoms with E-state index in [1.54, 1.807) is 0 Å². The second-order valence-corrected chi connectivity index (χ2v) is 14.9. The van der Waals surface area contributed by atoms with Crippen LogP contribution in [0.2, 0.25) is 0 Å². The van der Waals surface area contributed by atoms with E-state index < -0.39 is 0 Å². The third kappa shape index (κ3) is 7.63. The Morgan fingerprint density at radius 3 is 1.92 bits per heavy atom. The summed E-state index contributed by atoms with van der Waals surface area (Å²) in [6.07, 6.45) is 39.5. The minimum atomic E-state index is 0.536. The van der Waals surface area contributed by atoms with E-state index in [2.05, 4.69) is 33.1 Å². The number of allylic oxidation sites excluding steroid dienone is 1. The summed E-state index contributed by atoms with van der Waals surface area (Å²) in [6, 6.07) is 0. The highest BCUT2D eigenvalue weighted by molar-refractivity contribution is 5.11. The van der Waals surface area contributed by atoms with Crippen molar-refractivity contribution in [3.8, 4) is 0 Å². The molecule has 220 valence electrons. The largest absolute Gasteiger partial charge is 0.502 e. The number of unbranched alkanes of at least 4 members (excludes halogenated alkanes) is 13. The third-order valence-corrected chi connectivity index (χ3v) is 12.7. The molecule has 0 N–H and O–H groups in total. The summed E-state index contributed by atoms with van der Waals surface area (Å²) >= 11 is 0. The quantitative estimate of drug-likeness (QED) is 0.135. The van der Waals surface area contributed by atoms with Gasteiger partial charge in [-0.3, -0.25) is 0 Å². The molecule has 1 unspecified atom stereocenters. The van der Waals surface area contributed by atoms with Crippen LogP contribution >= 0.6 is 0 Å². The lowest BCUT2D eigenvalue weighted by Gasteiger charge is -2.60. The van der Waals surface area contributed by atoms with Crippen LogP contribution in [-0.4, -0.2) is 6.61 Å². The average Bonchev–Trinajstić information content (AvgIpc) is 3.26. The second kappa shape index (κ2) is 15.5. The first kappa shape index (κ1) is 30.5. The summed E-state index contributed by atoms with van der Waals surface area (Å²) in [6.45, 7) is 8.61. The Morgan fingerprint density at radius 1 is 0.605 bits per heavy atom. The van der Waals surface area contributed by atoms with E-state index in [9.17, 15) is 0 Å². The van der Waals surface area contributed by atoms with Crippen LogP contribution in [0.5, 0.6) is 0 Å². The Hall–Kier alpha value is -0.460. The molecule has 1 heteroatoms. The molecule has 4 saturated carbocycles. The first-order chi connectivity index (χ1) is 18.6. The van der Waals surface area contributed by atoms with Crippen LogP contribution in [0.3, 0.4) is 0 Å². The molecule has 38 heavy (non-hydrogen) atoms. The van der Waals surface area contributed by atoms with Crippen molar-refractivity contribution < 1.29 is 4.74 Å². The highest BCUT2D eigenvalue weighted by Gasteiger charge is 2.59.